The number of hydrogen-bond donors (Lipinski definition) is 2. The maximum absolute atomic E-state index is 12.2. The lowest BCUT2D eigenvalue weighted by Gasteiger charge is -2.17. The highest BCUT2D eigenvalue weighted by atomic mass is 35.5. The molecule has 2 aromatic carbocycles. The lowest BCUT2D eigenvalue weighted by atomic mass is 10.1. The highest BCUT2D eigenvalue weighted by Crippen LogP contribution is 2.26. The van der Waals surface area contributed by atoms with Gasteiger partial charge >= 0.3 is 6.03 Å². The van der Waals surface area contributed by atoms with E-state index in [0.717, 1.165) is 5.56 Å². The van der Waals surface area contributed by atoms with Gasteiger partial charge in [0.25, 0.3) is 5.91 Å². The third-order valence-corrected chi connectivity index (χ3v) is 4.11. The van der Waals surface area contributed by atoms with Crippen molar-refractivity contribution in [3.63, 3.8) is 0 Å². The first-order chi connectivity index (χ1) is 11.8. The molecular weight excluding hydrogens is 361 g/mol. The van der Waals surface area contributed by atoms with Gasteiger partial charge in [-0.05, 0) is 42.8 Å². The van der Waals surface area contributed by atoms with Gasteiger partial charge in [0.2, 0.25) is 0 Å². The second-order valence-corrected chi connectivity index (χ2v) is 6.61. The van der Waals surface area contributed by atoms with Crippen LogP contribution in [-0.2, 0) is 0 Å². The molecule has 0 aliphatic rings. The molecule has 0 spiro atoms. The lowest BCUT2D eigenvalue weighted by Crippen LogP contribution is -2.31. The quantitative estimate of drug-likeness (QED) is 0.816. The van der Waals surface area contributed by atoms with Crippen LogP contribution in [0.15, 0.2) is 42.5 Å². The van der Waals surface area contributed by atoms with E-state index >= 15 is 0 Å². The van der Waals surface area contributed by atoms with Crippen molar-refractivity contribution in [2.24, 2.45) is 0 Å². The molecule has 0 saturated heterocycles. The van der Waals surface area contributed by atoms with Crippen LogP contribution in [0.5, 0.6) is 0 Å². The lowest BCUT2D eigenvalue weighted by molar-refractivity contribution is 0.0827. The summed E-state index contributed by atoms with van der Waals surface area (Å²) in [5.74, 6) is -0.134. The van der Waals surface area contributed by atoms with Crippen LogP contribution in [0.4, 0.5) is 10.5 Å². The molecule has 0 fully saturated rings. The average Bonchev–Trinajstić information content (AvgIpc) is 2.53. The van der Waals surface area contributed by atoms with Crippen LogP contribution in [-0.4, -0.2) is 30.9 Å². The number of hydrogen-bond acceptors (Lipinski definition) is 2. The Kier molecular flexibility index (Phi) is 6.28. The molecule has 25 heavy (non-hydrogen) atoms. The molecule has 0 bridgehead atoms. The van der Waals surface area contributed by atoms with Crippen molar-refractivity contribution in [1.82, 2.24) is 10.2 Å². The average molecular weight is 380 g/mol. The zero-order valence-electron chi connectivity index (χ0n) is 14.1. The molecule has 2 rings (SSSR count). The summed E-state index contributed by atoms with van der Waals surface area (Å²) >= 11 is 12.0. The van der Waals surface area contributed by atoms with Crippen LogP contribution in [0.2, 0.25) is 10.0 Å². The topological polar surface area (TPSA) is 61.4 Å². The Morgan fingerprint density at radius 3 is 2.44 bits per heavy atom. The molecule has 5 nitrogen and oxygen atoms in total. The summed E-state index contributed by atoms with van der Waals surface area (Å²) in [6.07, 6.45) is 0. The van der Waals surface area contributed by atoms with Gasteiger partial charge in [-0.15, -0.1) is 0 Å². The van der Waals surface area contributed by atoms with Gasteiger partial charge in [-0.1, -0.05) is 35.3 Å². The van der Waals surface area contributed by atoms with Crippen molar-refractivity contribution >= 4 is 40.8 Å². The van der Waals surface area contributed by atoms with Crippen molar-refractivity contribution in [2.45, 2.75) is 13.0 Å². The van der Waals surface area contributed by atoms with E-state index in [2.05, 4.69) is 10.6 Å². The zero-order chi connectivity index (χ0) is 18.6. The van der Waals surface area contributed by atoms with Crippen LogP contribution >= 0.6 is 23.2 Å². The van der Waals surface area contributed by atoms with Crippen molar-refractivity contribution in [2.75, 3.05) is 19.4 Å². The monoisotopic (exact) mass is 379 g/mol. The van der Waals surface area contributed by atoms with E-state index in [4.69, 9.17) is 23.2 Å². The first-order valence-electron chi connectivity index (χ1n) is 7.62. The van der Waals surface area contributed by atoms with Gasteiger partial charge in [0.1, 0.15) is 0 Å². The van der Waals surface area contributed by atoms with Gasteiger partial charge in [0.15, 0.2) is 0 Å². The van der Waals surface area contributed by atoms with Gasteiger partial charge in [0.05, 0.1) is 6.04 Å². The molecule has 132 valence electrons. The molecule has 0 radical (unpaired) electrons. The fourth-order valence-electron chi connectivity index (χ4n) is 2.28. The molecule has 1 unspecified atom stereocenters. The summed E-state index contributed by atoms with van der Waals surface area (Å²) in [6, 6.07) is 11.2. The Bertz CT molecular complexity index is 794. The summed E-state index contributed by atoms with van der Waals surface area (Å²) in [5.41, 5.74) is 1.79. The molecule has 2 aromatic rings. The fourth-order valence-corrected chi connectivity index (χ4v) is 2.85. The second kappa shape index (κ2) is 8.23. The van der Waals surface area contributed by atoms with Gasteiger partial charge in [-0.3, -0.25) is 4.79 Å². The first-order valence-corrected chi connectivity index (χ1v) is 8.37. The van der Waals surface area contributed by atoms with Crippen LogP contribution < -0.4 is 10.6 Å². The standard InChI is InChI=1S/C18H19Cl2N3O2/c1-11(15-8-7-13(19)10-16(15)20)21-18(25)22-14-6-4-5-12(9-14)17(24)23(2)3/h4-11H,1-3H3,(H2,21,22,25). The van der Waals surface area contributed by atoms with E-state index in [-0.39, 0.29) is 11.9 Å². The van der Waals surface area contributed by atoms with E-state index in [1.807, 2.05) is 6.92 Å². The number of carbonyl (C=O) groups is 2. The minimum absolute atomic E-state index is 0.134. The van der Waals surface area contributed by atoms with Crippen LogP contribution in [0.1, 0.15) is 28.9 Å². The van der Waals surface area contributed by atoms with Crippen molar-refractivity contribution < 1.29 is 9.59 Å². The van der Waals surface area contributed by atoms with Crippen LogP contribution in [0.25, 0.3) is 0 Å². The van der Waals surface area contributed by atoms with E-state index < -0.39 is 6.03 Å². The van der Waals surface area contributed by atoms with Gasteiger partial charge < -0.3 is 15.5 Å². The molecule has 0 aromatic heterocycles. The van der Waals surface area contributed by atoms with E-state index in [0.29, 0.717) is 21.3 Å². The van der Waals surface area contributed by atoms with Crippen molar-refractivity contribution in [1.29, 1.82) is 0 Å². The van der Waals surface area contributed by atoms with Crippen molar-refractivity contribution in [3.05, 3.63) is 63.6 Å². The third-order valence-electron chi connectivity index (χ3n) is 3.55. The number of carbonyl (C=O) groups excluding carboxylic acids is 2. The number of urea groups is 1. The molecule has 0 saturated carbocycles. The van der Waals surface area contributed by atoms with Crippen molar-refractivity contribution in [3.8, 4) is 0 Å². The summed E-state index contributed by atoms with van der Waals surface area (Å²) in [4.78, 5) is 25.7. The number of benzene rings is 2. The molecule has 3 amide bonds. The largest absolute Gasteiger partial charge is 0.345 e. The Morgan fingerprint density at radius 2 is 1.80 bits per heavy atom. The molecule has 7 heteroatoms. The Balaban J connectivity index is 2.05. The third kappa shape index (κ3) is 5.11. The molecule has 0 heterocycles. The second-order valence-electron chi connectivity index (χ2n) is 5.77. The predicted octanol–water partition coefficient (Wildman–Crippen LogP) is 4.58. The Morgan fingerprint density at radius 1 is 1.08 bits per heavy atom. The SMILES string of the molecule is CC(NC(=O)Nc1cccc(C(=O)N(C)C)c1)c1ccc(Cl)cc1Cl. The van der Waals surface area contributed by atoms with Gasteiger partial charge in [-0.25, -0.2) is 4.79 Å². The fraction of sp³-hybridized carbons (Fsp3) is 0.222. The summed E-state index contributed by atoms with van der Waals surface area (Å²) in [5, 5.41) is 6.54. The van der Waals surface area contributed by atoms with E-state index in [9.17, 15) is 9.59 Å². The number of amides is 3. The van der Waals surface area contributed by atoms with Crippen LogP contribution in [0.3, 0.4) is 0 Å². The van der Waals surface area contributed by atoms with Gasteiger partial charge in [-0.2, -0.15) is 0 Å². The minimum Gasteiger partial charge on any atom is -0.345 e. The maximum atomic E-state index is 12.2. The maximum Gasteiger partial charge on any atom is 0.319 e. The Labute approximate surface area is 156 Å². The highest BCUT2D eigenvalue weighted by molar-refractivity contribution is 6.35. The predicted molar refractivity (Wildman–Crippen MR) is 101 cm³/mol. The summed E-state index contributed by atoms with van der Waals surface area (Å²) < 4.78 is 0. The number of nitrogens with zero attached hydrogens (tertiary/aromatic N) is 1. The molecule has 0 aliphatic carbocycles. The van der Waals surface area contributed by atoms with Crippen LogP contribution in [0, 0.1) is 0 Å². The molecular formula is C18H19Cl2N3O2. The van der Waals surface area contributed by atoms with E-state index in [1.54, 1.807) is 56.6 Å². The molecule has 0 aliphatic heterocycles. The minimum atomic E-state index is -0.395. The summed E-state index contributed by atoms with van der Waals surface area (Å²) in [6.45, 7) is 1.82. The smallest absolute Gasteiger partial charge is 0.319 e. The normalized spacial score (nSPS) is 11.6. The number of halogens is 2. The van der Waals surface area contributed by atoms with Gasteiger partial charge in [0, 0.05) is 35.4 Å². The first kappa shape index (κ1) is 19.1. The number of nitrogens with one attached hydrogen (secondary N) is 2. The highest BCUT2D eigenvalue weighted by Gasteiger charge is 2.14. The Hall–Kier alpha value is -2.24. The molecule has 2 N–H and O–H groups in total. The number of anilines is 1. The summed E-state index contributed by atoms with van der Waals surface area (Å²) in [7, 11) is 3.35. The van der Waals surface area contributed by atoms with E-state index in [1.165, 1.54) is 4.90 Å². The molecule has 1 atom stereocenters. The zero-order valence-corrected chi connectivity index (χ0v) is 15.7. The number of rotatable bonds is 4.